The van der Waals surface area contributed by atoms with E-state index >= 15 is 0 Å². The summed E-state index contributed by atoms with van der Waals surface area (Å²) in [6, 6.07) is 3.88. The van der Waals surface area contributed by atoms with Gasteiger partial charge >= 0.3 is 0 Å². The van der Waals surface area contributed by atoms with Crippen LogP contribution in [0, 0.1) is 25.7 Å². The lowest BCUT2D eigenvalue weighted by molar-refractivity contribution is -0.0831. The molecule has 1 saturated heterocycles. The smallest absolute Gasteiger partial charge is 0.263 e. The number of aromatic amines is 1. The van der Waals surface area contributed by atoms with E-state index in [1.54, 1.807) is 4.90 Å². The number of nitrogens with two attached hydrogens (primary N) is 1. The Hall–Kier alpha value is -2.29. The SMILES string of the molecule is Cc1cc(Br)cc(C)c1N=Cc1c(N)nc(N2CC3CCC(C2)C3(F)F)[nH]c1=O. The Balaban J connectivity index is 1.61. The van der Waals surface area contributed by atoms with Gasteiger partial charge in [-0.25, -0.2) is 8.78 Å². The quantitative estimate of drug-likeness (QED) is 0.671. The molecule has 154 valence electrons. The highest BCUT2D eigenvalue weighted by Gasteiger charge is 2.56. The monoisotopic (exact) mass is 465 g/mol. The van der Waals surface area contributed by atoms with Crippen molar-refractivity contribution in [2.45, 2.75) is 32.6 Å². The molecule has 1 aromatic heterocycles. The molecule has 2 aromatic rings. The highest BCUT2D eigenvalue weighted by atomic mass is 79.9. The fourth-order valence-electron chi connectivity index (χ4n) is 4.32. The Morgan fingerprint density at radius 1 is 1.28 bits per heavy atom. The van der Waals surface area contributed by atoms with E-state index in [0.29, 0.717) is 12.8 Å². The van der Waals surface area contributed by atoms with Crippen molar-refractivity contribution in [2.75, 3.05) is 23.7 Å². The Labute approximate surface area is 175 Å². The second-order valence-corrected chi connectivity index (χ2v) is 8.80. The van der Waals surface area contributed by atoms with E-state index in [-0.39, 0.29) is 30.4 Å². The summed E-state index contributed by atoms with van der Waals surface area (Å²) in [6.07, 6.45) is 2.39. The number of aliphatic imine (C=N–C) groups is 1. The number of rotatable bonds is 3. The van der Waals surface area contributed by atoms with Gasteiger partial charge in [-0.1, -0.05) is 15.9 Å². The first-order valence-corrected chi connectivity index (χ1v) is 10.3. The second-order valence-electron chi connectivity index (χ2n) is 7.89. The van der Waals surface area contributed by atoms with Gasteiger partial charge in [-0.15, -0.1) is 0 Å². The normalized spacial score (nSPS) is 23.1. The van der Waals surface area contributed by atoms with Crippen LogP contribution >= 0.6 is 15.9 Å². The first kappa shape index (κ1) is 20.0. The summed E-state index contributed by atoms with van der Waals surface area (Å²) in [7, 11) is 0. The lowest BCUT2D eigenvalue weighted by atomic mass is 9.94. The van der Waals surface area contributed by atoms with Crippen molar-refractivity contribution in [1.29, 1.82) is 0 Å². The minimum absolute atomic E-state index is 0.0320. The van der Waals surface area contributed by atoms with Crippen LogP contribution in [0.5, 0.6) is 0 Å². The predicted molar refractivity (Wildman–Crippen MR) is 114 cm³/mol. The van der Waals surface area contributed by atoms with Crippen molar-refractivity contribution in [3.63, 3.8) is 0 Å². The minimum atomic E-state index is -2.64. The molecule has 29 heavy (non-hydrogen) atoms. The number of alkyl halides is 2. The number of piperidine rings is 1. The topological polar surface area (TPSA) is 87.4 Å². The number of hydrogen-bond donors (Lipinski definition) is 2. The summed E-state index contributed by atoms with van der Waals surface area (Å²) in [4.78, 5) is 25.7. The van der Waals surface area contributed by atoms with Gasteiger partial charge < -0.3 is 10.6 Å². The molecule has 2 fully saturated rings. The molecule has 3 N–H and O–H groups in total. The first-order valence-electron chi connectivity index (χ1n) is 9.50. The highest BCUT2D eigenvalue weighted by Crippen LogP contribution is 2.49. The summed E-state index contributed by atoms with van der Waals surface area (Å²) in [6.45, 7) is 4.19. The van der Waals surface area contributed by atoms with Crippen LogP contribution in [0.1, 0.15) is 29.5 Å². The molecule has 4 rings (SSSR count). The van der Waals surface area contributed by atoms with Gasteiger partial charge in [0.25, 0.3) is 11.5 Å². The van der Waals surface area contributed by atoms with E-state index in [1.807, 2.05) is 26.0 Å². The zero-order valence-corrected chi connectivity index (χ0v) is 17.8. The number of nitrogen functional groups attached to an aromatic ring is 1. The van der Waals surface area contributed by atoms with Crippen molar-refractivity contribution in [2.24, 2.45) is 16.8 Å². The Bertz CT molecular complexity index is 1010. The second kappa shape index (κ2) is 7.19. The number of nitrogens with zero attached hydrogens (tertiary/aromatic N) is 3. The third kappa shape index (κ3) is 3.56. The number of hydrogen-bond acceptors (Lipinski definition) is 5. The van der Waals surface area contributed by atoms with Crippen LogP contribution in [-0.4, -0.2) is 35.2 Å². The lowest BCUT2D eigenvalue weighted by Gasteiger charge is -2.38. The summed E-state index contributed by atoms with van der Waals surface area (Å²) in [5, 5.41) is 0. The average molecular weight is 466 g/mol. The summed E-state index contributed by atoms with van der Waals surface area (Å²) >= 11 is 3.44. The molecular weight excluding hydrogens is 444 g/mol. The molecule has 0 radical (unpaired) electrons. The Morgan fingerprint density at radius 2 is 1.86 bits per heavy atom. The van der Waals surface area contributed by atoms with E-state index in [9.17, 15) is 13.6 Å². The average Bonchev–Trinajstić information content (AvgIpc) is 2.80. The van der Waals surface area contributed by atoms with Gasteiger partial charge in [0.05, 0.1) is 5.69 Å². The number of halogens is 3. The molecule has 2 unspecified atom stereocenters. The summed E-state index contributed by atoms with van der Waals surface area (Å²) in [5.41, 5.74) is 8.41. The van der Waals surface area contributed by atoms with Gasteiger partial charge in [0, 0.05) is 35.6 Å². The van der Waals surface area contributed by atoms with Crippen LogP contribution in [0.2, 0.25) is 0 Å². The van der Waals surface area contributed by atoms with E-state index in [2.05, 4.69) is 30.9 Å². The molecule has 1 aliphatic heterocycles. The molecule has 2 bridgehead atoms. The van der Waals surface area contributed by atoms with Crippen molar-refractivity contribution < 1.29 is 8.78 Å². The fourth-order valence-corrected chi connectivity index (χ4v) is 5.01. The van der Waals surface area contributed by atoms with E-state index in [0.717, 1.165) is 21.3 Å². The molecule has 2 aliphatic rings. The number of anilines is 2. The minimum Gasteiger partial charge on any atom is -0.383 e. The maximum atomic E-state index is 14.2. The van der Waals surface area contributed by atoms with Crippen molar-refractivity contribution in [3.8, 4) is 0 Å². The van der Waals surface area contributed by atoms with E-state index < -0.39 is 23.3 Å². The molecule has 1 aliphatic carbocycles. The van der Waals surface area contributed by atoms with Gasteiger partial charge in [-0.2, -0.15) is 4.98 Å². The maximum Gasteiger partial charge on any atom is 0.263 e. The molecule has 0 spiro atoms. The molecule has 6 nitrogen and oxygen atoms in total. The van der Waals surface area contributed by atoms with E-state index in [1.165, 1.54) is 6.21 Å². The Kier molecular flexibility index (Phi) is 4.96. The molecule has 0 amide bonds. The van der Waals surface area contributed by atoms with Gasteiger partial charge in [0.1, 0.15) is 11.4 Å². The maximum absolute atomic E-state index is 14.2. The standard InChI is InChI=1S/C20H22BrF2N5O/c1-10-5-14(21)6-11(2)16(10)25-7-15-17(24)26-19(27-18(15)29)28-8-12-3-4-13(9-28)20(12,22)23/h5-7,12-13H,3-4,8-9H2,1-2H3,(H3,24,26,27,29). The van der Waals surface area contributed by atoms with Crippen molar-refractivity contribution in [1.82, 2.24) is 9.97 Å². The third-order valence-corrected chi connectivity index (χ3v) is 6.34. The zero-order valence-electron chi connectivity index (χ0n) is 16.2. The molecular formula is C20H22BrF2N5O. The molecule has 2 atom stereocenters. The highest BCUT2D eigenvalue weighted by molar-refractivity contribution is 9.10. The Morgan fingerprint density at radius 3 is 2.41 bits per heavy atom. The fraction of sp³-hybridized carbons (Fsp3) is 0.450. The van der Waals surface area contributed by atoms with E-state index in [4.69, 9.17) is 5.73 Å². The lowest BCUT2D eigenvalue weighted by Crippen LogP contribution is -2.49. The van der Waals surface area contributed by atoms with Crippen LogP contribution < -0.4 is 16.2 Å². The van der Waals surface area contributed by atoms with Gasteiger partial charge in [0.15, 0.2) is 0 Å². The number of nitrogens with one attached hydrogen (secondary N) is 1. The van der Waals surface area contributed by atoms with Crippen LogP contribution in [0.3, 0.4) is 0 Å². The van der Waals surface area contributed by atoms with Crippen molar-refractivity contribution >= 4 is 39.6 Å². The van der Waals surface area contributed by atoms with Crippen LogP contribution in [0.4, 0.5) is 26.2 Å². The van der Waals surface area contributed by atoms with Crippen LogP contribution in [-0.2, 0) is 0 Å². The first-order chi connectivity index (χ1) is 13.7. The van der Waals surface area contributed by atoms with Gasteiger partial charge in [-0.3, -0.25) is 14.8 Å². The largest absolute Gasteiger partial charge is 0.383 e. The zero-order chi connectivity index (χ0) is 20.9. The summed E-state index contributed by atoms with van der Waals surface area (Å²) < 4.78 is 29.3. The molecule has 9 heteroatoms. The van der Waals surface area contributed by atoms with Crippen LogP contribution in [0.25, 0.3) is 0 Å². The number of H-pyrrole nitrogens is 1. The molecule has 1 saturated carbocycles. The van der Waals surface area contributed by atoms with Crippen LogP contribution in [0.15, 0.2) is 26.4 Å². The number of benzene rings is 1. The number of aromatic nitrogens is 2. The predicted octanol–water partition coefficient (Wildman–Crippen LogP) is 3.96. The summed E-state index contributed by atoms with van der Waals surface area (Å²) in [5.74, 6) is -3.79. The number of fused-ring (bicyclic) bond motifs is 2. The molecule has 2 heterocycles. The van der Waals surface area contributed by atoms with Gasteiger partial charge in [-0.05, 0) is 49.9 Å². The number of aryl methyl sites for hydroxylation is 2. The van der Waals surface area contributed by atoms with Crippen molar-refractivity contribution in [3.05, 3.63) is 43.6 Å². The third-order valence-electron chi connectivity index (χ3n) is 5.88. The van der Waals surface area contributed by atoms with Gasteiger partial charge in [0.2, 0.25) is 5.95 Å². The molecule has 1 aromatic carbocycles.